The molecule has 0 unspecified atom stereocenters. The van der Waals surface area contributed by atoms with Gasteiger partial charge in [0, 0.05) is 6.54 Å². The summed E-state index contributed by atoms with van der Waals surface area (Å²) in [4.78, 5) is 24.1. The van der Waals surface area contributed by atoms with Crippen molar-refractivity contribution in [2.75, 3.05) is 13.2 Å². The predicted molar refractivity (Wildman–Crippen MR) is 99.7 cm³/mol. The van der Waals surface area contributed by atoms with Gasteiger partial charge in [-0.3, -0.25) is 9.59 Å². The summed E-state index contributed by atoms with van der Waals surface area (Å²) in [7, 11) is 0. The summed E-state index contributed by atoms with van der Waals surface area (Å²) >= 11 is 0. The highest BCUT2D eigenvalue weighted by Gasteiger charge is 2.50. The lowest BCUT2D eigenvalue weighted by atomic mass is 9.49. The number of ether oxygens (including phenoxy) is 1. The zero-order chi connectivity index (χ0) is 20.6. The van der Waals surface area contributed by atoms with E-state index < -0.39 is 24.3 Å². The van der Waals surface area contributed by atoms with Gasteiger partial charge in [-0.15, -0.1) is 0 Å². The van der Waals surface area contributed by atoms with Crippen LogP contribution < -0.4 is 5.32 Å². The van der Waals surface area contributed by atoms with E-state index in [2.05, 4.69) is 5.32 Å². The van der Waals surface area contributed by atoms with Gasteiger partial charge in [-0.05, 0) is 73.3 Å². The smallest absolute Gasteiger partial charge is 0.416 e. The molecule has 4 bridgehead atoms. The highest BCUT2D eigenvalue weighted by molar-refractivity contribution is 5.81. The molecule has 0 atom stereocenters. The second kappa shape index (κ2) is 7.65. The molecule has 0 aromatic heterocycles. The van der Waals surface area contributed by atoms with Crippen molar-refractivity contribution < 1.29 is 27.5 Å². The van der Waals surface area contributed by atoms with Gasteiger partial charge in [0.25, 0.3) is 5.91 Å². The van der Waals surface area contributed by atoms with E-state index in [0.29, 0.717) is 6.54 Å². The van der Waals surface area contributed by atoms with E-state index in [1.165, 1.54) is 50.7 Å². The first kappa shape index (κ1) is 20.2. The van der Waals surface area contributed by atoms with E-state index in [-0.39, 0.29) is 23.3 Å². The SMILES string of the molecule is O=C(COC(=O)Cc1cccc(C(F)(F)F)c1)NCC12CC3CC(CC(C3)C1)C2. The minimum Gasteiger partial charge on any atom is -0.455 e. The number of esters is 1. The predicted octanol–water partition coefficient (Wildman–Crippen LogP) is 4.12. The van der Waals surface area contributed by atoms with Gasteiger partial charge in [-0.25, -0.2) is 0 Å². The topological polar surface area (TPSA) is 55.4 Å². The molecular formula is C22H26F3NO3. The van der Waals surface area contributed by atoms with Crippen LogP contribution in [-0.2, 0) is 26.9 Å². The molecule has 0 spiro atoms. The highest BCUT2D eigenvalue weighted by Crippen LogP contribution is 2.59. The van der Waals surface area contributed by atoms with Crippen molar-refractivity contribution in [1.29, 1.82) is 0 Å². The molecule has 7 heteroatoms. The first-order valence-corrected chi connectivity index (χ1v) is 10.3. The monoisotopic (exact) mass is 409 g/mol. The zero-order valence-electron chi connectivity index (χ0n) is 16.3. The molecule has 4 fully saturated rings. The van der Waals surface area contributed by atoms with E-state index >= 15 is 0 Å². The van der Waals surface area contributed by atoms with Crippen molar-refractivity contribution in [3.05, 3.63) is 35.4 Å². The fourth-order valence-electron chi connectivity index (χ4n) is 6.06. The maximum atomic E-state index is 12.7. The van der Waals surface area contributed by atoms with E-state index in [1.54, 1.807) is 0 Å². The van der Waals surface area contributed by atoms with Crippen LogP contribution in [0.25, 0.3) is 0 Å². The third-order valence-corrected chi connectivity index (χ3v) is 6.79. The Morgan fingerprint density at radius 3 is 2.28 bits per heavy atom. The first-order chi connectivity index (χ1) is 13.7. The van der Waals surface area contributed by atoms with Gasteiger partial charge in [-0.2, -0.15) is 13.2 Å². The number of amides is 1. The van der Waals surface area contributed by atoms with Crippen molar-refractivity contribution in [2.45, 2.75) is 51.1 Å². The molecule has 0 heterocycles. The molecule has 1 N–H and O–H groups in total. The number of alkyl halides is 3. The molecule has 1 amide bonds. The van der Waals surface area contributed by atoms with Crippen molar-refractivity contribution in [3.8, 4) is 0 Å². The molecule has 0 radical (unpaired) electrons. The Morgan fingerprint density at radius 2 is 1.69 bits per heavy atom. The highest BCUT2D eigenvalue weighted by atomic mass is 19.4. The summed E-state index contributed by atoms with van der Waals surface area (Å²) in [6, 6.07) is 4.56. The summed E-state index contributed by atoms with van der Waals surface area (Å²) in [5.74, 6) is 1.32. The van der Waals surface area contributed by atoms with Crippen molar-refractivity contribution in [2.24, 2.45) is 23.2 Å². The number of rotatable bonds is 6. The van der Waals surface area contributed by atoms with Crippen LogP contribution in [0.3, 0.4) is 0 Å². The van der Waals surface area contributed by atoms with Crippen LogP contribution in [-0.4, -0.2) is 25.0 Å². The van der Waals surface area contributed by atoms with Crippen molar-refractivity contribution >= 4 is 11.9 Å². The molecule has 0 aliphatic heterocycles. The number of benzene rings is 1. The van der Waals surface area contributed by atoms with E-state index in [0.717, 1.165) is 29.9 Å². The van der Waals surface area contributed by atoms with Crippen molar-refractivity contribution in [1.82, 2.24) is 5.32 Å². The molecule has 4 aliphatic rings. The van der Waals surface area contributed by atoms with Crippen LogP contribution in [0, 0.1) is 23.2 Å². The average molecular weight is 409 g/mol. The summed E-state index contributed by atoms with van der Waals surface area (Å²) in [5, 5.41) is 2.92. The van der Waals surface area contributed by atoms with Gasteiger partial charge in [0.2, 0.25) is 0 Å². The molecule has 1 aromatic carbocycles. The van der Waals surface area contributed by atoms with Crippen molar-refractivity contribution in [3.63, 3.8) is 0 Å². The van der Waals surface area contributed by atoms with Gasteiger partial charge < -0.3 is 10.1 Å². The molecular weight excluding hydrogens is 383 g/mol. The fraction of sp³-hybridized carbons (Fsp3) is 0.636. The molecule has 5 rings (SSSR count). The van der Waals surface area contributed by atoms with Crippen LogP contribution in [0.1, 0.15) is 49.7 Å². The number of carbonyl (C=O) groups excluding carboxylic acids is 2. The Balaban J connectivity index is 1.22. The van der Waals surface area contributed by atoms with Gasteiger partial charge in [-0.1, -0.05) is 18.2 Å². The number of halogens is 3. The Kier molecular flexibility index (Phi) is 5.34. The number of hydrogen-bond acceptors (Lipinski definition) is 3. The lowest BCUT2D eigenvalue weighted by molar-refractivity contribution is -0.148. The third kappa shape index (κ3) is 4.75. The van der Waals surface area contributed by atoms with Crippen LogP contribution in [0.4, 0.5) is 13.2 Å². The standard InChI is InChI=1S/C22H26F3NO3/c23-22(24,25)18-3-1-2-14(7-18)8-20(28)29-12-19(27)26-13-21-9-15-4-16(10-21)6-17(5-15)11-21/h1-3,7,15-17H,4-6,8-13H2,(H,26,27). The average Bonchev–Trinajstić information content (AvgIpc) is 2.63. The Morgan fingerprint density at radius 1 is 1.07 bits per heavy atom. The minimum absolute atomic E-state index is 0.201. The van der Waals surface area contributed by atoms with Crippen LogP contribution in [0.5, 0.6) is 0 Å². The lowest BCUT2D eigenvalue weighted by Crippen LogP contribution is -2.51. The van der Waals surface area contributed by atoms with Crippen LogP contribution >= 0.6 is 0 Å². The molecule has 4 saturated carbocycles. The zero-order valence-corrected chi connectivity index (χ0v) is 16.3. The molecule has 4 nitrogen and oxygen atoms in total. The summed E-state index contributed by atoms with van der Waals surface area (Å²) in [6.07, 6.45) is 2.77. The lowest BCUT2D eigenvalue weighted by Gasteiger charge is -2.56. The number of hydrogen-bond donors (Lipinski definition) is 1. The normalized spacial score (nSPS) is 30.2. The Hall–Kier alpha value is -2.05. The summed E-state index contributed by atoms with van der Waals surface area (Å²) in [6.45, 7) is 0.227. The molecule has 4 aliphatic carbocycles. The van der Waals surface area contributed by atoms with E-state index in [9.17, 15) is 22.8 Å². The van der Waals surface area contributed by atoms with Gasteiger partial charge in [0.05, 0.1) is 12.0 Å². The molecule has 1 aromatic rings. The maximum Gasteiger partial charge on any atom is 0.416 e. The molecule has 29 heavy (non-hydrogen) atoms. The van der Waals surface area contributed by atoms with Gasteiger partial charge >= 0.3 is 12.1 Å². The Labute approximate surface area is 168 Å². The number of carbonyl (C=O) groups is 2. The third-order valence-electron chi connectivity index (χ3n) is 6.79. The second-order valence-corrected chi connectivity index (χ2v) is 9.23. The largest absolute Gasteiger partial charge is 0.455 e. The fourth-order valence-corrected chi connectivity index (χ4v) is 6.06. The first-order valence-electron chi connectivity index (χ1n) is 10.3. The summed E-state index contributed by atoms with van der Waals surface area (Å²) < 4.78 is 43.2. The minimum atomic E-state index is -4.46. The van der Waals surface area contributed by atoms with E-state index in [1.807, 2.05) is 0 Å². The van der Waals surface area contributed by atoms with E-state index in [4.69, 9.17) is 4.74 Å². The number of nitrogens with one attached hydrogen (secondary N) is 1. The quantitative estimate of drug-likeness (QED) is 0.719. The summed E-state index contributed by atoms with van der Waals surface area (Å²) in [5.41, 5.74) is -0.401. The van der Waals surface area contributed by atoms with Crippen LogP contribution in [0.2, 0.25) is 0 Å². The molecule has 0 saturated heterocycles. The maximum absolute atomic E-state index is 12.7. The Bertz CT molecular complexity index is 754. The van der Waals surface area contributed by atoms with Gasteiger partial charge in [0.1, 0.15) is 0 Å². The van der Waals surface area contributed by atoms with Gasteiger partial charge in [0.15, 0.2) is 6.61 Å². The second-order valence-electron chi connectivity index (χ2n) is 9.23. The molecule has 158 valence electrons. The van der Waals surface area contributed by atoms with Crippen LogP contribution in [0.15, 0.2) is 24.3 Å².